The molecule has 2 heterocycles. The Kier molecular flexibility index (Phi) is 3.60. The third kappa shape index (κ3) is 2.93. The standard InChI is InChI=1S/C19H18N2O2/c1-19(2,3)13-6-7-16-14(9-13)15(18(22)23)10-17(21-16)12-5-4-8-20-11-12/h4-11H,1-3H3,(H,22,23). The second-order valence-electron chi connectivity index (χ2n) is 6.58. The molecule has 0 saturated heterocycles. The van der Waals surface area contributed by atoms with Crippen molar-refractivity contribution in [3.8, 4) is 11.3 Å². The molecule has 0 saturated carbocycles. The van der Waals surface area contributed by atoms with E-state index in [1.807, 2.05) is 30.3 Å². The first-order valence-electron chi connectivity index (χ1n) is 7.45. The number of nitrogens with zero attached hydrogens (tertiary/aromatic N) is 2. The average Bonchev–Trinajstić information content (AvgIpc) is 2.53. The van der Waals surface area contributed by atoms with Crippen LogP contribution in [0.5, 0.6) is 0 Å². The van der Waals surface area contributed by atoms with Gasteiger partial charge in [0, 0.05) is 23.3 Å². The van der Waals surface area contributed by atoms with Crippen molar-refractivity contribution < 1.29 is 9.90 Å². The van der Waals surface area contributed by atoms with Crippen LogP contribution >= 0.6 is 0 Å². The lowest BCUT2D eigenvalue weighted by molar-refractivity contribution is 0.0699. The summed E-state index contributed by atoms with van der Waals surface area (Å²) in [5.74, 6) is -0.950. The highest BCUT2D eigenvalue weighted by molar-refractivity contribution is 6.04. The number of fused-ring (bicyclic) bond motifs is 1. The molecule has 0 amide bonds. The van der Waals surface area contributed by atoms with Gasteiger partial charge in [-0.3, -0.25) is 4.98 Å². The summed E-state index contributed by atoms with van der Waals surface area (Å²) in [6, 6.07) is 11.1. The van der Waals surface area contributed by atoms with Gasteiger partial charge >= 0.3 is 5.97 Å². The summed E-state index contributed by atoms with van der Waals surface area (Å²) in [7, 11) is 0. The number of aromatic carboxylic acids is 1. The maximum absolute atomic E-state index is 11.7. The van der Waals surface area contributed by atoms with Crippen molar-refractivity contribution in [2.45, 2.75) is 26.2 Å². The normalized spacial score (nSPS) is 11.6. The van der Waals surface area contributed by atoms with Crippen LogP contribution in [0.2, 0.25) is 0 Å². The molecule has 0 aliphatic carbocycles. The summed E-state index contributed by atoms with van der Waals surface area (Å²) < 4.78 is 0. The Morgan fingerprint density at radius 2 is 1.91 bits per heavy atom. The fraction of sp³-hybridized carbons (Fsp3) is 0.211. The minimum atomic E-state index is -0.950. The third-order valence-corrected chi connectivity index (χ3v) is 3.86. The first-order chi connectivity index (χ1) is 10.9. The predicted octanol–water partition coefficient (Wildman–Crippen LogP) is 4.29. The van der Waals surface area contributed by atoms with Crippen LogP contribution in [0.15, 0.2) is 48.8 Å². The Morgan fingerprint density at radius 3 is 2.52 bits per heavy atom. The summed E-state index contributed by atoms with van der Waals surface area (Å²) in [5, 5.41) is 10.3. The molecule has 0 atom stereocenters. The van der Waals surface area contributed by atoms with Crippen LogP contribution in [0.3, 0.4) is 0 Å². The molecule has 4 heteroatoms. The van der Waals surface area contributed by atoms with Gasteiger partial charge in [-0.25, -0.2) is 9.78 Å². The number of hydrogen-bond acceptors (Lipinski definition) is 3. The molecule has 0 fully saturated rings. The zero-order valence-corrected chi connectivity index (χ0v) is 13.4. The highest BCUT2D eigenvalue weighted by Gasteiger charge is 2.18. The van der Waals surface area contributed by atoms with Gasteiger partial charge in [0.05, 0.1) is 16.8 Å². The van der Waals surface area contributed by atoms with E-state index >= 15 is 0 Å². The number of rotatable bonds is 2. The Morgan fingerprint density at radius 1 is 1.13 bits per heavy atom. The van der Waals surface area contributed by atoms with Crippen molar-refractivity contribution in [2.24, 2.45) is 0 Å². The molecule has 0 unspecified atom stereocenters. The molecular formula is C19H18N2O2. The molecule has 2 aromatic heterocycles. The lowest BCUT2D eigenvalue weighted by Crippen LogP contribution is -2.11. The van der Waals surface area contributed by atoms with Crippen molar-refractivity contribution in [3.63, 3.8) is 0 Å². The Bertz CT molecular complexity index is 881. The molecule has 0 radical (unpaired) electrons. The van der Waals surface area contributed by atoms with Crippen LogP contribution in [0.1, 0.15) is 36.7 Å². The summed E-state index contributed by atoms with van der Waals surface area (Å²) in [4.78, 5) is 20.4. The fourth-order valence-electron chi connectivity index (χ4n) is 2.53. The van der Waals surface area contributed by atoms with Crippen molar-refractivity contribution in [3.05, 3.63) is 59.9 Å². The molecule has 0 bridgehead atoms. The zero-order valence-electron chi connectivity index (χ0n) is 13.4. The molecule has 1 aromatic carbocycles. The van der Waals surface area contributed by atoms with E-state index in [-0.39, 0.29) is 11.0 Å². The summed E-state index contributed by atoms with van der Waals surface area (Å²) in [6.07, 6.45) is 3.36. The summed E-state index contributed by atoms with van der Waals surface area (Å²) in [5.41, 5.74) is 3.40. The molecule has 116 valence electrons. The number of pyridine rings is 2. The van der Waals surface area contributed by atoms with E-state index in [2.05, 4.69) is 30.7 Å². The average molecular weight is 306 g/mol. The van der Waals surface area contributed by atoms with Crippen LogP contribution in [0.4, 0.5) is 0 Å². The topological polar surface area (TPSA) is 63.1 Å². The maximum atomic E-state index is 11.7. The third-order valence-electron chi connectivity index (χ3n) is 3.86. The minimum Gasteiger partial charge on any atom is -0.478 e. The monoisotopic (exact) mass is 306 g/mol. The van der Waals surface area contributed by atoms with Crippen molar-refractivity contribution >= 4 is 16.9 Å². The van der Waals surface area contributed by atoms with Gasteiger partial charge in [-0.05, 0) is 41.3 Å². The van der Waals surface area contributed by atoms with E-state index in [4.69, 9.17) is 0 Å². The fourth-order valence-corrected chi connectivity index (χ4v) is 2.53. The minimum absolute atomic E-state index is 0.0496. The number of carboxylic acid groups (broad SMARTS) is 1. The largest absolute Gasteiger partial charge is 0.478 e. The maximum Gasteiger partial charge on any atom is 0.336 e. The number of benzene rings is 1. The van der Waals surface area contributed by atoms with Crippen LogP contribution < -0.4 is 0 Å². The van der Waals surface area contributed by atoms with Crippen molar-refractivity contribution in [1.82, 2.24) is 9.97 Å². The van der Waals surface area contributed by atoms with E-state index in [1.165, 1.54) is 0 Å². The van der Waals surface area contributed by atoms with Gasteiger partial charge in [-0.15, -0.1) is 0 Å². The second-order valence-corrected chi connectivity index (χ2v) is 6.58. The van der Waals surface area contributed by atoms with Gasteiger partial charge in [0.1, 0.15) is 0 Å². The molecule has 1 N–H and O–H groups in total. The van der Waals surface area contributed by atoms with Gasteiger partial charge < -0.3 is 5.11 Å². The zero-order chi connectivity index (χ0) is 16.6. The molecule has 3 aromatic rings. The molecule has 0 spiro atoms. The van der Waals surface area contributed by atoms with Crippen molar-refractivity contribution in [1.29, 1.82) is 0 Å². The van der Waals surface area contributed by atoms with E-state index in [0.29, 0.717) is 16.6 Å². The first kappa shape index (κ1) is 15.2. The van der Waals surface area contributed by atoms with Crippen LogP contribution in [0.25, 0.3) is 22.2 Å². The van der Waals surface area contributed by atoms with Gasteiger partial charge in [0.15, 0.2) is 0 Å². The number of carbonyl (C=O) groups is 1. The number of aromatic nitrogens is 2. The highest BCUT2D eigenvalue weighted by Crippen LogP contribution is 2.29. The van der Waals surface area contributed by atoms with Crippen LogP contribution in [-0.4, -0.2) is 21.0 Å². The smallest absolute Gasteiger partial charge is 0.336 e. The first-order valence-corrected chi connectivity index (χ1v) is 7.45. The van der Waals surface area contributed by atoms with E-state index in [0.717, 1.165) is 11.1 Å². The Balaban J connectivity index is 2.28. The Hall–Kier alpha value is -2.75. The second kappa shape index (κ2) is 5.47. The van der Waals surface area contributed by atoms with Gasteiger partial charge in [-0.2, -0.15) is 0 Å². The number of carboxylic acids is 1. The summed E-state index contributed by atoms with van der Waals surface area (Å²) >= 11 is 0. The molecule has 4 nitrogen and oxygen atoms in total. The molecule has 23 heavy (non-hydrogen) atoms. The highest BCUT2D eigenvalue weighted by atomic mass is 16.4. The SMILES string of the molecule is CC(C)(C)c1ccc2nc(-c3cccnc3)cc(C(=O)O)c2c1. The van der Waals surface area contributed by atoms with Gasteiger partial charge in [-0.1, -0.05) is 26.8 Å². The van der Waals surface area contributed by atoms with Crippen molar-refractivity contribution in [2.75, 3.05) is 0 Å². The molecule has 3 rings (SSSR count). The quantitative estimate of drug-likeness (QED) is 0.767. The van der Waals surface area contributed by atoms with Gasteiger partial charge in [0.2, 0.25) is 0 Å². The predicted molar refractivity (Wildman–Crippen MR) is 90.6 cm³/mol. The van der Waals surface area contributed by atoms with Gasteiger partial charge in [0.25, 0.3) is 0 Å². The lowest BCUT2D eigenvalue weighted by atomic mass is 9.86. The van der Waals surface area contributed by atoms with Crippen LogP contribution in [-0.2, 0) is 5.41 Å². The molecule has 0 aliphatic rings. The Labute approximate surface area is 134 Å². The summed E-state index contributed by atoms with van der Waals surface area (Å²) in [6.45, 7) is 6.31. The lowest BCUT2D eigenvalue weighted by Gasteiger charge is -2.20. The van der Waals surface area contributed by atoms with E-state index in [1.54, 1.807) is 18.5 Å². The van der Waals surface area contributed by atoms with E-state index < -0.39 is 5.97 Å². The van der Waals surface area contributed by atoms with E-state index in [9.17, 15) is 9.90 Å². The molecular weight excluding hydrogens is 288 g/mol. The van der Waals surface area contributed by atoms with Crippen LogP contribution in [0, 0.1) is 0 Å². The number of hydrogen-bond donors (Lipinski definition) is 1. The molecule has 0 aliphatic heterocycles.